The van der Waals surface area contributed by atoms with Gasteiger partial charge in [-0.25, -0.2) is 0 Å². The zero-order valence-corrected chi connectivity index (χ0v) is 12.9. The van der Waals surface area contributed by atoms with Gasteiger partial charge in [-0.1, -0.05) is 6.07 Å². The van der Waals surface area contributed by atoms with Gasteiger partial charge in [0, 0.05) is 24.1 Å². The van der Waals surface area contributed by atoms with E-state index >= 15 is 0 Å². The molecule has 0 amide bonds. The Labute approximate surface area is 133 Å². The molecule has 0 radical (unpaired) electrons. The van der Waals surface area contributed by atoms with E-state index < -0.39 is 5.97 Å². The fourth-order valence-corrected chi connectivity index (χ4v) is 2.20. The molecule has 1 aromatic heterocycles. The number of carbonyl (C=O) groups excluding carboxylic acids is 1. The molecule has 4 N–H and O–H groups in total. The lowest BCUT2D eigenvalue weighted by molar-refractivity contribution is -0.148. The lowest BCUT2D eigenvalue weighted by atomic mass is 10.1. The number of phenolic OH excluding ortho intramolecular Hbond substituents is 2. The van der Waals surface area contributed by atoms with Crippen molar-refractivity contribution in [2.24, 2.45) is 0 Å². The van der Waals surface area contributed by atoms with Crippen LogP contribution in [0.2, 0.25) is 0 Å². The predicted molar refractivity (Wildman–Crippen MR) is 81.6 cm³/mol. The molecule has 1 aromatic carbocycles. The summed E-state index contributed by atoms with van der Waals surface area (Å²) in [6.45, 7) is 3.08. The highest BCUT2D eigenvalue weighted by Crippen LogP contribution is 2.32. The Kier molecular flexibility index (Phi) is 4.68. The standard InChI is InChI=1S/C16H19NO6/c1-9(2)23-15(21)8-17-14(20)6-11(16(17)22)5-10-3-4-12(18)7-13(10)19/h3-4,6-7,9,18-20,22H,5,8H2,1-2H3. The summed E-state index contributed by atoms with van der Waals surface area (Å²) in [5, 5.41) is 39.1. The third-order valence-corrected chi connectivity index (χ3v) is 3.23. The van der Waals surface area contributed by atoms with E-state index in [4.69, 9.17) is 4.74 Å². The number of esters is 1. The van der Waals surface area contributed by atoms with Gasteiger partial charge in [-0.3, -0.25) is 9.36 Å². The minimum atomic E-state index is -0.583. The number of hydrogen-bond acceptors (Lipinski definition) is 6. The first-order valence-electron chi connectivity index (χ1n) is 7.08. The Morgan fingerprint density at radius 2 is 1.83 bits per heavy atom. The zero-order chi connectivity index (χ0) is 17.1. The first-order chi connectivity index (χ1) is 10.8. The largest absolute Gasteiger partial charge is 0.508 e. The summed E-state index contributed by atoms with van der Waals surface area (Å²) in [4.78, 5) is 11.7. The lowest BCUT2D eigenvalue weighted by Crippen LogP contribution is -2.17. The summed E-state index contributed by atoms with van der Waals surface area (Å²) in [6.07, 6.45) is -0.173. The topological polar surface area (TPSA) is 112 Å². The highest BCUT2D eigenvalue weighted by atomic mass is 16.5. The average molecular weight is 321 g/mol. The molecule has 23 heavy (non-hydrogen) atoms. The van der Waals surface area contributed by atoms with Crippen LogP contribution in [0.25, 0.3) is 0 Å². The summed E-state index contributed by atoms with van der Waals surface area (Å²) in [7, 11) is 0. The second kappa shape index (κ2) is 6.51. The van der Waals surface area contributed by atoms with Gasteiger partial charge in [0.25, 0.3) is 0 Å². The second-order valence-electron chi connectivity index (χ2n) is 5.47. The summed E-state index contributed by atoms with van der Waals surface area (Å²) < 4.78 is 6.00. The normalized spacial score (nSPS) is 10.9. The average Bonchev–Trinajstić information content (AvgIpc) is 2.69. The van der Waals surface area contributed by atoms with Gasteiger partial charge >= 0.3 is 5.97 Å². The Morgan fingerprint density at radius 3 is 2.43 bits per heavy atom. The van der Waals surface area contributed by atoms with E-state index in [1.807, 2.05) is 0 Å². The van der Waals surface area contributed by atoms with Crippen LogP contribution in [0.4, 0.5) is 0 Å². The molecular formula is C16H19NO6. The molecule has 2 aromatic rings. The quantitative estimate of drug-likeness (QED) is 0.625. The maximum Gasteiger partial charge on any atom is 0.326 e. The van der Waals surface area contributed by atoms with Crippen LogP contribution in [0.3, 0.4) is 0 Å². The zero-order valence-electron chi connectivity index (χ0n) is 12.9. The number of aromatic hydroxyl groups is 4. The fraction of sp³-hybridized carbons (Fsp3) is 0.312. The van der Waals surface area contributed by atoms with Gasteiger partial charge in [0.2, 0.25) is 0 Å². The van der Waals surface area contributed by atoms with Crippen LogP contribution in [-0.2, 0) is 22.5 Å². The van der Waals surface area contributed by atoms with Gasteiger partial charge in [-0.2, -0.15) is 0 Å². The number of benzene rings is 1. The molecular weight excluding hydrogens is 302 g/mol. The molecule has 0 saturated heterocycles. The monoisotopic (exact) mass is 321 g/mol. The van der Waals surface area contributed by atoms with Crippen LogP contribution < -0.4 is 0 Å². The molecule has 0 aliphatic carbocycles. The van der Waals surface area contributed by atoms with Gasteiger partial charge in [0.15, 0.2) is 11.8 Å². The Morgan fingerprint density at radius 1 is 1.13 bits per heavy atom. The predicted octanol–water partition coefficient (Wildman–Crippen LogP) is 1.85. The highest BCUT2D eigenvalue weighted by molar-refractivity contribution is 5.70. The Bertz CT molecular complexity index is 720. The van der Waals surface area contributed by atoms with E-state index in [1.54, 1.807) is 13.8 Å². The van der Waals surface area contributed by atoms with Gasteiger partial charge in [0.1, 0.15) is 18.0 Å². The smallest absolute Gasteiger partial charge is 0.326 e. The summed E-state index contributed by atoms with van der Waals surface area (Å²) in [5.41, 5.74) is 0.792. The molecule has 0 bridgehead atoms. The van der Waals surface area contributed by atoms with Crippen LogP contribution in [0, 0.1) is 0 Å². The molecule has 7 heteroatoms. The van der Waals surface area contributed by atoms with E-state index in [2.05, 4.69) is 0 Å². The summed E-state index contributed by atoms with van der Waals surface area (Å²) in [6, 6.07) is 5.40. The van der Waals surface area contributed by atoms with Gasteiger partial charge in [-0.15, -0.1) is 0 Å². The van der Waals surface area contributed by atoms with Crippen molar-refractivity contribution in [2.75, 3.05) is 0 Å². The molecule has 0 saturated carbocycles. The van der Waals surface area contributed by atoms with Crippen LogP contribution in [0.5, 0.6) is 23.3 Å². The molecule has 0 unspecified atom stereocenters. The van der Waals surface area contributed by atoms with Crippen LogP contribution in [0.1, 0.15) is 25.0 Å². The molecule has 124 valence electrons. The highest BCUT2D eigenvalue weighted by Gasteiger charge is 2.18. The van der Waals surface area contributed by atoms with Crippen molar-refractivity contribution in [3.8, 4) is 23.3 Å². The van der Waals surface area contributed by atoms with Crippen molar-refractivity contribution in [3.05, 3.63) is 35.4 Å². The molecule has 0 spiro atoms. The molecule has 0 aliphatic rings. The minimum absolute atomic E-state index is 0.0766. The van der Waals surface area contributed by atoms with Crippen molar-refractivity contribution in [1.29, 1.82) is 0 Å². The maximum atomic E-state index is 11.7. The molecule has 1 heterocycles. The SMILES string of the molecule is CC(C)OC(=O)Cn1c(O)cc(Cc2ccc(O)cc2O)c1O. The number of carbonyl (C=O) groups is 1. The van der Waals surface area contributed by atoms with Crippen molar-refractivity contribution >= 4 is 5.97 Å². The van der Waals surface area contributed by atoms with Crippen molar-refractivity contribution < 1.29 is 30.0 Å². The van der Waals surface area contributed by atoms with E-state index in [0.29, 0.717) is 11.1 Å². The number of hydrogen-bond donors (Lipinski definition) is 4. The summed E-state index contributed by atoms with van der Waals surface area (Å²) >= 11 is 0. The lowest BCUT2D eigenvalue weighted by Gasteiger charge is -2.10. The first-order valence-corrected chi connectivity index (χ1v) is 7.08. The molecule has 0 aliphatic heterocycles. The number of ether oxygens (including phenoxy) is 1. The number of rotatable bonds is 5. The summed E-state index contributed by atoms with van der Waals surface area (Å²) in [5.74, 6) is -1.35. The minimum Gasteiger partial charge on any atom is -0.508 e. The first kappa shape index (κ1) is 16.5. The van der Waals surface area contributed by atoms with Crippen molar-refractivity contribution in [2.45, 2.75) is 32.9 Å². The van der Waals surface area contributed by atoms with Gasteiger partial charge in [-0.05, 0) is 25.5 Å². The second-order valence-corrected chi connectivity index (χ2v) is 5.47. The fourth-order valence-electron chi connectivity index (χ4n) is 2.20. The van der Waals surface area contributed by atoms with Crippen LogP contribution >= 0.6 is 0 Å². The van der Waals surface area contributed by atoms with Gasteiger partial charge in [0.05, 0.1) is 6.10 Å². The van der Waals surface area contributed by atoms with E-state index in [1.165, 1.54) is 24.3 Å². The van der Waals surface area contributed by atoms with Crippen LogP contribution in [0.15, 0.2) is 24.3 Å². The van der Waals surface area contributed by atoms with Gasteiger partial charge < -0.3 is 25.2 Å². The molecule has 0 fully saturated rings. The van der Waals surface area contributed by atoms with E-state index in [0.717, 1.165) is 4.57 Å². The van der Waals surface area contributed by atoms with Crippen molar-refractivity contribution in [1.82, 2.24) is 4.57 Å². The Hall–Kier alpha value is -2.83. The molecule has 7 nitrogen and oxygen atoms in total. The Balaban J connectivity index is 2.21. The molecule has 0 atom stereocenters. The third kappa shape index (κ3) is 3.88. The third-order valence-electron chi connectivity index (χ3n) is 3.23. The number of phenols is 2. The van der Waals surface area contributed by atoms with Crippen molar-refractivity contribution in [3.63, 3.8) is 0 Å². The molecule has 2 rings (SSSR count). The van der Waals surface area contributed by atoms with Crippen LogP contribution in [-0.4, -0.2) is 37.1 Å². The van der Waals surface area contributed by atoms with E-state index in [-0.39, 0.29) is 42.3 Å². The maximum absolute atomic E-state index is 11.7. The number of aromatic nitrogens is 1. The number of nitrogens with zero attached hydrogens (tertiary/aromatic N) is 1. The van der Waals surface area contributed by atoms with E-state index in [9.17, 15) is 25.2 Å².